The Morgan fingerprint density at radius 2 is 1.30 bits per heavy atom. The fraction of sp³-hybridized carbons (Fsp3) is 1.00. The highest BCUT2D eigenvalue weighted by molar-refractivity contribution is 4.86. The molecule has 2 rings (SSSR count). The van der Waals surface area contributed by atoms with Crippen LogP contribution in [0.15, 0.2) is 0 Å². The van der Waals surface area contributed by atoms with Gasteiger partial charge in [-0.3, -0.25) is 0 Å². The number of hydrogen-bond acceptors (Lipinski definition) is 0. The van der Waals surface area contributed by atoms with Gasteiger partial charge in [-0.15, -0.1) is 0 Å². The minimum atomic E-state index is 0.697. The van der Waals surface area contributed by atoms with Gasteiger partial charge < -0.3 is 0 Å². The van der Waals surface area contributed by atoms with Crippen LogP contribution in [0.2, 0.25) is 0 Å². The van der Waals surface area contributed by atoms with Gasteiger partial charge in [0, 0.05) is 0 Å². The van der Waals surface area contributed by atoms with E-state index in [1.165, 1.54) is 64.2 Å². The van der Waals surface area contributed by atoms with Gasteiger partial charge in [-0.1, -0.05) is 78.6 Å². The Labute approximate surface area is 147 Å². The van der Waals surface area contributed by atoms with Crippen molar-refractivity contribution in [2.75, 3.05) is 0 Å². The van der Waals surface area contributed by atoms with Crippen LogP contribution >= 0.6 is 0 Å². The molecular weight excluding hydrogens is 276 g/mol. The molecule has 136 valence electrons. The third-order valence-electron chi connectivity index (χ3n) is 7.40. The molecule has 0 atom stereocenters. The monoisotopic (exact) mass is 320 g/mol. The molecule has 0 radical (unpaired) electrons. The van der Waals surface area contributed by atoms with Crippen LogP contribution in [0.3, 0.4) is 0 Å². The van der Waals surface area contributed by atoms with E-state index in [0.717, 1.165) is 17.8 Å². The van der Waals surface area contributed by atoms with Crippen molar-refractivity contribution >= 4 is 0 Å². The summed E-state index contributed by atoms with van der Waals surface area (Å²) in [6.07, 6.45) is 24.0. The van der Waals surface area contributed by atoms with Crippen molar-refractivity contribution in [1.29, 1.82) is 0 Å². The third kappa shape index (κ3) is 6.43. The molecule has 0 bridgehead atoms. The van der Waals surface area contributed by atoms with Crippen molar-refractivity contribution in [3.63, 3.8) is 0 Å². The van der Waals surface area contributed by atoms with Crippen LogP contribution in [0, 0.1) is 23.2 Å². The molecule has 0 N–H and O–H groups in total. The van der Waals surface area contributed by atoms with Crippen molar-refractivity contribution < 1.29 is 0 Å². The Morgan fingerprint density at radius 1 is 0.696 bits per heavy atom. The molecule has 2 saturated carbocycles. The first-order valence-corrected chi connectivity index (χ1v) is 11.2. The van der Waals surface area contributed by atoms with Crippen molar-refractivity contribution in [2.24, 2.45) is 23.2 Å². The van der Waals surface area contributed by atoms with Crippen molar-refractivity contribution in [2.45, 2.75) is 124 Å². The van der Waals surface area contributed by atoms with E-state index in [-0.39, 0.29) is 0 Å². The van der Waals surface area contributed by atoms with E-state index in [1.807, 2.05) is 0 Å². The average Bonchev–Trinajstić information content (AvgIpc) is 2.58. The Hall–Kier alpha value is 0. The lowest BCUT2D eigenvalue weighted by atomic mass is 9.63. The van der Waals surface area contributed by atoms with Gasteiger partial charge in [0.1, 0.15) is 0 Å². The van der Waals surface area contributed by atoms with Crippen LogP contribution in [0.1, 0.15) is 124 Å². The molecule has 0 unspecified atom stereocenters. The maximum absolute atomic E-state index is 2.59. The molecule has 0 aliphatic heterocycles. The topological polar surface area (TPSA) is 0 Å². The van der Waals surface area contributed by atoms with Crippen molar-refractivity contribution in [1.82, 2.24) is 0 Å². The van der Waals surface area contributed by atoms with Gasteiger partial charge in [0.25, 0.3) is 0 Å². The Morgan fingerprint density at radius 3 is 1.91 bits per heavy atom. The highest BCUT2D eigenvalue weighted by atomic mass is 14.4. The SMILES string of the molecule is CCCCCCC1(C)CCC(C2CCC(CCCC)CC2)CC1. The van der Waals surface area contributed by atoms with E-state index in [9.17, 15) is 0 Å². The second kappa shape index (κ2) is 10.1. The largest absolute Gasteiger partial charge is 0.0654 e. The molecule has 0 aromatic rings. The van der Waals surface area contributed by atoms with Crippen molar-refractivity contribution in [3.05, 3.63) is 0 Å². The zero-order chi connectivity index (χ0) is 16.5. The highest BCUT2D eigenvalue weighted by Crippen LogP contribution is 2.47. The molecule has 0 nitrogen and oxygen atoms in total. The molecule has 0 amide bonds. The number of unbranched alkanes of at least 4 members (excludes halogenated alkanes) is 4. The molecule has 2 aliphatic rings. The van der Waals surface area contributed by atoms with Crippen LogP contribution in [-0.2, 0) is 0 Å². The van der Waals surface area contributed by atoms with Crippen molar-refractivity contribution in [3.8, 4) is 0 Å². The lowest BCUT2D eigenvalue weighted by Crippen LogP contribution is -2.30. The second-order valence-corrected chi connectivity index (χ2v) is 9.38. The zero-order valence-electron chi connectivity index (χ0n) is 16.5. The Kier molecular flexibility index (Phi) is 8.48. The van der Waals surface area contributed by atoms with E-state index < -0.39 is 0 Å². The van der Waals surface area contributed by atoms with E-state index >= 15 is 0 Å². The lowest BCUT2D eigenvalue weighted by Gasteiger charge is -2.42. The molecule has 0 saturated heterocycles. The number of hydrogen-bond donors (Lipinski definition) is 0. The first-order valence-electron chi connectivity index (χ1n) is 11.2. The summed E-state index contributed by atoms with van der Waals surface area (Å²) in [4.78, 5) is 0. The van der Waals surface area contributed by atoms with Gasteiger partial charge in [0.15, 0.2) is 0 Å². The molecule has 2 fully saturated rings. The summed E-state index contributed by atoms with van der Waals surface area (Å²) in [6, 6.07) is 0. The van der Waals surface area contributed by atoms with Crippen LogP contribution in [0.5, 0.6) is 0 Å². The summed E-state index contributed by atoms with van der Waals surface area (Å²) in [7, 11) is 0. The molecule has 0 aromatic heterocycles. The molecule has 0 aromatic carbocycles. The molecule has 23 heavy (non-hydrogen) atoms. The van der Waals surface area contributed by atoms with Gasteiger partial charge in [-0.25, -0.2) is 0 Å². The summed E-state index contributed by atoms with van der Waals surface area (Å²) in [5, 5.41) is 0. The van der Waals surface area contributed by atoms with Gasteiger partial charge in [-0.2, -0.15) is 0 Å². The van der Waals surface area contributed by atoms with Crippen LogP contribution in [0.25, 0.3) is 0 Å². The van der Waals surface area contributed by atoms with Crippen LogP contribution in [-0.4, -0.2) is 0 Å². The number of rotatable bonds is 9. The molecular formula is C23H44. The fourth-order valence-electron chi connectivity index (χ4n) is 5.48. The third-order valence-corrected chi connectivity index (χ3v) is 7.40. The highest BCUT2D eigenvalue weighted by Gasteiger charge is 2.35. The lowest BCUT2D eigenvalue weighted by molar-refractivity contribution is 0.0949. The average molecular weight is 321 g/mol. The summed E-state index contributed by atoms with van der Waals surface area (Å²) in [6.45, 7) is 7.26. The fourth-order valence-corrected chi connectivity index (χ4v) is 5.48. The van der Waals surface area contributed by atoms with Crippen LogP contribution in [0.4, 0.5) is 0 Å². The van der Waals surface area contributed by atoms with Crippen LogP contribution < -0.4 is 0 Å². The van der Waals surface area contributed by atoms with Gasteiger partial charge in [-0.05, 0) is 68.1 Å². The first-order chi connectivity index (χ1) is 11.2. The van der Waals surface area contributed by atoms with Gasteiger partial charge in [0.2, 0.25) is 0 Å². The molecule has 0 heterocycles. The maximum Gasteiger partial charge on any atom is -0.0326 e. The Balaban J connectivity index is 1.64. The maximum atomic E-state index is 2.59. The second-order valence-electron chi connectivity index (χ2n) is 9.38. The zero-order valence-corrected chi connectivity index (χ0v) is 16.5. The van der Waals surface area contributed by atoms with Gasteiger partial charge in [0.05, 0.1) is 0 Å². The van der Waals surface area contributed by atoms with E-state index in [0.29, 0.717) is 5.41 Å². The standard InChI is InChI=1S/C23H44/c1-4-6-8-9-17-23(3)18-15-22(16-19-23)21-13-11-20(12-14-21)10-7-5-2/h20-22H,4-19H2,1-3H3. The van der Waals surface area contributed by atoms with E-state index in [2.05, 4.69) is 20.8 Å². The predicted molar refractivity (Wildman–Crippen MR) is 104 cm³/mol. The summed E-state index contributed by atoms with van der Waals surface area (Å²) < 4.78 is 0. The minimum Gasteiger partial charge on any atom is -0.0654 e. The Bertz CT molecular complexity index is 289. The quantitative estimate of drug-likeness (QED) is 0.376. The molecule has 0 spiro atoms. The minimum absolute atomic E-state index is 0.697. The van der Waals surface area contributed by atoms with E-state index in [4.69, 9.17) is 0 Å². The molecule has 2 aliphatic carbocycles. The molecule has 0 heteroatoms. The normalized spacial score (nSPS) is 35.3. The van der Waals surface area contributed by atoms with E-state index in [1.54, 1.807) is 38.5 Å². The summed E-state index contributed by atoms with van der Waals surface area (Å²) in [5.74, 6) is 3.27. The first kappa shape index (κ1) is 19.3. The summed E-state index contributed by atoms with van der Waals surface area (Å²) >= 11 is 0. The smallest absolute Gasteiger partial charge is 0.0326 e. The predicted octanol–water partition coefficient (Wildman–Crippen LogP) is 8.15. The van der Waals surface area contributed by atoms with Gasteiger partial charge >= 0.3 is 0 Å². The summed E-state index contributed by atoms with van der Waals surface area (Å²) in [5.41, 5.74) is 0.697.